The van der Waals surface area contributed by atoms with Crippen LogP contribution in [0.15, 0.2) is 10.6 Å². The summed E-state index contributed by atoms with van der Waals surface area (Å²) in [7, 11) is 0. The normalized spacial score (nSPS) is 11.7. The largest absolute Gasteiger partial charge is 0.438 e. The third-order valence-electron chi connectivity index (χ3n) is 1.58. The van der Waals surface area contributed by atoms with Gasteiger partial charge in [-0.2, -0.15) is 0 Å². The summed E-state index contributed by atoms with van der Waals surface area (Å²) in [6.45, 7) is 7.78. The van der Waals surface area contributed by atoms with Crippen LogP contribution in [0.5, 0.6) is 0 Å². The molecule has 0 amide bonds. The second-order valence-corrected chi connectivity index (χ2v) is 4.41. The second kappa shape index (κ2) is 3.32. The third kappa shape index (κ3) is 3.01. The molecule has 3 heteroatoms. The Morgan fingerprint density at radius 1 is 1.54 bits per heavy atom. The van der Waals surface area contributed by atoms with E-state index < -0.39 is 0 Å². The zero-order valence-electron chi connectivity index (χ0n) is 8.55. The van der Waals surface area contributed by atoms with E-state index in [4.69, 9.17) is 4.42 Å². The first kappa shape index (κ1) is 9.96. The molecule has 0 saturated heterocycles. The van der Waals surface area contributed by atoms with E-state index in [-0.39, 0.29) is 11.2 Å². The molecule has 1 aromatic rings. The van der Waals surface area contributed by atoms with Crippen molar-refractivity contribution >= 4 is 5.78 Å². The number of Topliss-reactive ketones (excluding diaryl/α,β-unsaturated/α-hetero) is 1. The van der Waals surface area contributed by atoms with E-state index in [2.05, 4.69) is 25.8 Å². The first-order chi connectivity index (χ1) is 5.88. The molecule has 1 rings (SSSR count). The van der Waals surface area contributed by atoms with Gasteiger partial charge in [-0.1, -0.05) is 20.8 Å². The third-order valence-corrected chi connectivity index (χ3v) is 1.58. The predicted molar refractivity (Wildman–Crippen MR) is 49.7 cm³/mol. The molecule has 0 aliphatic carbocycles. The van der Waals surface area contributed by atoms with Gasteiger partial charge in [-0.15, -0.1) is 0 Å². The maximum absolute atomic E-state index is 10.9. The number of carbonyl (C=O) groups is 1. The van der Waals surface area contributed by atoms with Crippen LogP contribution in [-0.4, -0.2) is 10.8 Å². The van der Waals surface area contributed by atoms with E-state index in [1.807, 2.05) is 0 Å². The van der Waals surface area contributed by atoms with E-state index in [0.29, 0.717) is 11.7 Å². The summed E-state index contributed by atoms with van der Waals surface area (Å²) < 4.78 is 5.26. The summed E-state index contributed by atoms with van der Waals surface area (Å²) in [5.41, 5.74) is 0.138. The number of hydrogen-bond donors (Lipinski definition) is 0. The molecule has 0 atom stereocenters. The zero-order chi connectivity index (χ0) is 10.1. The van der Waals surface area contributed by atoms with E-state index in [1.54, 1.807) is 0 Å². The average Bonchev–Trinajstić information content (AvgIpc) is 2.31. The van der Waals surface area contributed by atoms with Gasteiger partial charge in [0.05, 0.1) is 6.20 Å². The SMILES string of the molecule is CC(=O)c1cnc(CC(C)(C)C)o1. The van der Waals surface area contributed by atoms with Crippen LogP contribution in [0, 0.1) is 5.41 Å². The lowest BCUT2D eigenvalue weighted by molar-refractivity contribution is 0.0984. The van der Waals surface area contributed by atoms with Crippen LogP contribution in [0.4, 0.5) is 0 Å². The first-order valence-electron chi connectivity index (χ1n) is 4.34. The molecule has 0 bridgehead atoms. The second-order valence-electron chi connectivity index (χ2n) is 4.41. The molecule has 1 heterocycles. The molecule has 0 N–H and O–H groups in total. The maximum atomic E-state index is 10.9. The lowest BCUT2D eigenvalue weighted by atomic mass is 9.92. The van der Waals surface area contributed by atoms with Gasteiger partial charge < -0.3 is 4.42 Å². The topological polar surface area (TPSA) is 43.1 Å². The van der Waals surface area contributed by atoms with Crippen LogP contribution in [0.25, 0.3) is 0 Å². The number of nitrogens with zero attached hydrogens (tertiary/aromatic N) is 1. The number of oxazole rings is 1. The average molecular weight is 181 g/mol. The standard InChI is InChI=1S/C10H15NO2/c1-7(12)8-6-11-9(13-8)5-10(2,3)4/h6H,5H2,1-4H3. The number of rotatable bonds is 2. The Morgan fingerprint density at radius 2 is 2.15 bits per heavy atom. The molecule has 0 saturated carbocycles. The minimum atomic E-state index is -0.0762. The lowest BCUT2D eigenvalue weighted by Crippen LogP contribution is -2.09. The molecule has 0 unspecified atom stereocenters. The maximum Gasteiger partial charge on any atom is 0.196 e. The van der Waals surface area contributed by atoms with Crippen molar-refractivity contribution in [3.63, 3.8) is 0 Å². The van der Waals surface area contributed by atoms with Crippen LogP contribution in [0.3, 0.4) is 0 Å². The number of carbonyl (C=O) groups excluding carboxylic acids is 1. The van der Waals surface area contributed by atoms with Gasteiger partial charge in [-0.3, -0.25) is 4.79 Å². The Balaban J connectivity index is 2.75. The van der Waals surface area contributed by atoms with Gasteiger partial charge in [0.2, 0.25) is 0 Å². The van der Waals surface area contributed by atoms with Crippen LogP contribution in [0.2, 0.25) is 0 Å². The highest BCUT2D eigenvalue weighted by Gasteiger charge is 2.16. The molecular weight excluding hydrogens is 166 g/mol. The van der Waals surface area contributed by atoms with E-state index in [0.717, 1.165) is 6.42 Å². The molecular formula is C10H15NO2. The fourth-order valence-electron chi connectivity index (χ4n) is 1.01. The van der Waals surface area contributed by atoms with Crippen molar-refractivity contribution in [3.05, 3.63) is 17.8 Å². The molecule has 72 valence electrons. The molecule has 13 heavy (non-hydrogen) atoms. The van der Waals surface area contributed by atoms with Gasteiger partial charge in [0.1, 0.15) is 0 Å². The van der Waals surface area contributed by atoms with E-state index in [1.165, 1.54) is 13.1 Å². The van der Waals surface area contributed by atoms with Crippen molar-refractivity contribution in [3.8, 4) is 0 Å². The molecule has 0 fully saturated rings. The number of ketones is 1. The smallest absolute Gasteiger partial charge is 0.196 e. The highest BCUT2D eigenvalue weighted by Crippen LogP contribution is 2.20. The number of aromatic nitrogens is 1. The lowest BCUT2D eigenvalue weighted by Gasteiger charge is -2.14. The van der Waals surface area contributed by atoms with Gasteiger partial charge in [0.25, 0.3) is 0 Å². The van der Waals surface area contributed by atoms with Crippen molar-refractivity contribution in [2.45, 2.75) is 34.1 Å². The number of hydrogen-bond acceptors (Lipinski definition) is 3. The van der Waals surface area contributed by atoms with Gasteiger partial charge in [0, 0.05) is 13.3 Å². The first-order valence-corrected chi connectivity index (χ1v) is 4.34. The van der Waals surface area contributed by atoms with Crippen molar-refractivity contribution in [1.82, 2.24) is 4.98 Å². The summed E-state index contributed by atoms with van der Waals surface area (Å²) in [5.74, 6) is 0.907. The van der Waals surface area contributed by atoms with Crippen LogP contribution in [0.1, 0.15) is 44.1 Å². The van der Waals surface area contributed by atoms with Crippen LogP contribution in [-0.2, 0) is 6.42 Å². The van der Waals surface area contributed by atoms with Crippen molar-refractivity contribution in [1.29, 1.82) is 0 Å². The molecule has 0 radical (unpaired) electrons. The summed E-state index contributed by atoms with van der Waals surface area (Å²) in [4.78, 5) is 14.9. The molecule has 3 nitrogen and oxygen atoms in total. The zero-order valence-corrected chi connectivity index (χ0v) is 8.55. The van der Waals surface area contributed by atoms with Crippen molar-refractivity contribution < 1.29 is 9.21 Å². The minimum Gasteiger partial charge on any atom is -0.438 e. The Hall–Kier alpha value is -1.12. The fraction of sp³-hybridized carbons (Fsp3) is 0.600. The quantitative estimate of drug-likeness (QED) is 0.658. The molecule has 1 aromatic heterocycles. The molecule has 0 aliphatic rings. The van der Waals surface area contributed by atoms with Gasteiger partial charge in [-0.25, -0.2) is 4.98 Å². The summed E-state index contributed by atoms with van der Waals surface area (Å²) in [6, 6.07) is 0. The van der Waals surface area contributed by atoms with Crippen LogP contribution >= 0.6 is 0 Å². The minimum absolute atomic E-state index is 0.0762. The Labute approximate surface area is 78.2 Å². The Bertz CT molecular complexity index is 307. The monoisotopic (exact) mass is 181 g/mol. The predicted octanol–water partition coefficient (Wildman–Crippen LogP) is 2.47. The van der Waals surface area contributed by atoms with E-state index in [9.17, 15) is 4.79 Å². The molecule has 0 aliphatic heterocycles. The fourth-order valence-corrected chi connectivity index (χ4v) is 1.01. The van der Waals surface area contributed by atoms with E-state index >= 15 is 0 Å². The van der Waals surface area contributed by atoms with Gasteiger partial charge >= 0.3 is 0 Å². The molecule has 0 aromatic carbocycles. The van der Waals surface area contributed by atoms with Gasteiger partial charge in [-0.05, 0) is 5.41 Å². The highest BCUT2D eigenvalue weighted by molar-refractivity contribution is 5.90. The van der Waals surface area contributed by atoms with Crippen molar-refractivity contribution in [2.24, 2.45) is 5.41 Å². The highest BCUT2D eigenvalue weighted by atomic mass is 16.4. The summed E-state index contributed by atoms with van der Waals surface area (Å²) in [5, 5.41) is 0. The Kier molecular flexibility index (Phi) is 2.55. The molecule has 0 spiro atoms. The van der Waals surface area contributed by atoms with Crippen molar-refractivity contribution in [2.75, 3.05) is 0 Å². The summed E-state index contributed by atoms with van der Waals surface area (Å²) >= 11 is 0. The Morgan fingerprint density at radius 3 is 2.54 bits per heavy atom. The van der Waals surface area contributed by atoms with Gasteiger partial charge in [0.15, 0.2) is 17.4 Å². The van der Waals surface area contributed by atoms with Crippen LogP contribution < -0.4 is 0 Å². The summed E-state index contributed by atoms with van der Waals surface area (Å²) in [6.07, 6.45) is 2.24.